The lowest BCUT2D eigenvalue weighted by atomic mass is 9.83. The topological polar surface area (TPSA) is 98.8 Å². The number of nitrogens with one attached hydrogen (secondary N) is 1. The molecule has 35 heavy (non-hydrogen) atoms. The third-order valence-corrected chi connectivity index (χ3v) is 5.85. The Morgan fingerprint density at radius 2 is 1.40 bits per heavy atom. The molecule has 0 fully saturated rings. The summed E-state index contributed by atoms with van der Waals surface area (Å²) in [6.45, 7) is -0.586. The SMILES string of the molecule is COc1cc2ccccc2cc1C(=O)OCC(=O)Nc1cccc2c1C(=O)c1ccccc1C2=O. The molecule has 1 N–H and O–H groups in total. The van der Waals surface area contributed by atoms with Crippen molar-refractivity contribution < 1.29 is 28.7 Å². The summed E-state index contributed by atoms with van der Waals surface area (Å²) < 4.78 is 10.5. The molecular weight excluding hydrogens is 446 g/mol. The van der Waals surface area contributed by atoms with Crippen molar-refractivity contribution in [2.75, 3.05) is 19.0 Å². The van der Waals surface area contributed by atoms with Gasteiger partial charge in [-0.15, -0.1) is 0 Å². The fourth-order valence-electron chi connectivity index (χ4n) is 4.19. The maximum absolute atomic E-state index is 13.1. The number of ketones is 2. The Morgan fingerprint density at radius 1 is 0.771 bits per heavy atom. The van der Waals surface area contributed by atoms with Crippen LogP contribution in [0.5, 0.6) is 5.75 Å². The summed E-state index contributed by atoms with van der Waals surface area (Å²) in [4.78, 5) is 51.3. The number of ether oxygens (including phenoxy) is 2. The van der Waals surface area contributed by atoms with E-state index in [1.807, 2.05) is 24.3 Å². The number of carbonyl (C=O) groups excluding carboxylic acids is 4. The molecule has 0 spiro atoms. The van der Waals surface area contributed by atoms with Gasteiger partial charge in [-0.1, -0.05) is 60.7 Å². The quantitative estimate of drug-likeness (QED) is 0.386. The second kappa shape index (κ2) is 8.87. The fourth-order valence-corrected chi connectivity index (χ4v) is 4.19. The van der Waals surface area contributed by atoms with Crippen molar-refractivity contribution >= 4 is 39.9 Å². The summed E-state index contributed by atoms with van der Waals surface area (Å²) in [5.41, 5.74) is 1.30. The Bertz CT molecular complexity index is 1540. The van der Waals surface area contributed by atoms with Gasteiger partial charge in [-0.3, -0.25) is 14.4 Å². The normalized spacial score (nSPS) is 12.0. The van der Waals surface area contributed by atoms with Crippen LogP contribution in [0.15, 0.2) is 78.9 Å². The largest absolute Gasteiger partial charge is 0.496 e. The van der Waals surface area contributed by atoms with Gasteiger partial charge >= 0.3 is 5.97 Å². The van der Waals surface area contributed by atoms with Crippen LogP contribution in [0, 0.1) is 0 Å². The molecule has 1 aliphatic rings. The van der Waals surface area contributed by atoms with E-state index in [-0.39, 0.29) is 39.5 Å². The van der Waals surface area contributed by atoms with Crippen LogP contribution in [0.2, 0.25) is 0 Å². The van der Waals surface area contributed by atoms with Gasteiger partial charge in [0.05, 0.1) is 18.4 Å². The molecule has 0 saturated carbocycles. The van der Waals surface area contributed by atoms with Crippen LogP contribution < -0.4 is 10.1 Å². The molecule has 0 aliphatic heterocycles. The number of carbonyl (C=O) groups is 4. The van der Waals surface area contributed by atoms with Crippen molar-refractivity contribution in [3.05, 3.63) is 107 Å². The van der Waals surface area contributed by atoms with Gasteiger partial charge in [-0.05, 0) is 29.0 Å². The average Bonchev–Trinajstić information content (AvgIpc) is 2.89. The van der Waals surface area contributed by atoms with Crippen molar-refractivity contribution in [2.24, 2.45) is 0 Å². The number of methoxy groups -OCH3 is 1. The monoisotopic (exact) mass is 465 g/mol. The number of rotatable bonds is 5. The smallest absolute Gasteiger partial charge is 0.342 e. The third-order valence-electron chi connectivity index (χ3n) is 5.85. The first-order valence-electron chi connectivity index (χ1n) is 10.8. The molecule has 0 atom stereocenters. The summed E-state index contributed by atoms with van der Waals surface area (Å²) in [6, 6.07) is 22.1. The van der Waals surface area contributed by atoms with Crippen LogP contribution in [0.4, 0.5) is 5.69 Å². The lowest BCUT2D eigenvalue weighted by molar-refractivity contribution is -0.119. The maximum Gasteiger partial charge on any atom is 0.342 e. The van der Waals surface area contributed by atoms with E-state index in [0.29, 0.717) is 11.3 Å². The molecule has 0 saturated heterocycles. The molecule has 0 bridgehead atoms. The van der Waals surface area contributed by atoms with Gasteiger partial charge in [0.25, 0.3) is 5.91 Å². The van der Waals surface area contributed by atoms with E-state index in [9.17, 15) is 19.2 Å². The van der Waals surface area contributed by atoms with Crippen LogP contribution >= 0.6 is 0 Å². The second-order valence-corrected chi connectivity index (χ2v) is 7.96. The molecule has 1 aliphatic carbocycles. The summed E-state index contributed by atoms with van der Waals surface area (Å²) in [7, 11) is 1.45. The minimum Gasteiger partial charge on any atom is -0.496 e. The summed E-state index contributed by atoms with van der Waals surface area (Å²) >= 11 is 0. The van der Waals surface area contributed by atoms with Crippen LogP contribution in [0.25, 0.3) is 10.8 Å². The standard InChI is InChI=1S/C28H19NO6/c1-34-23-14-17-8-3-2-7-16(17)13-21(23)28(33)35-15-24(30)29-22-12-6-11-20-25(22)27(32)19-10-5-4-9-18(19)26(20)31/h2-14H,15H2,1H3,(H,29,30). The minimum atomic E-state index is -0.724. The molecule has 4 aromatic carbocycles. The van der Waals surface area contributed by atoms with Crippen LogP contribution in [0.3, 0.4) is 0 Å². The van der Waals surface area contributed by atoms with Gasteiger partial charge in [0.15, 0.2) is 18.2 Å². The highest BCUT2D eigenvalue weighted by Gasteiger charge is 2.31. The molecule has 5 rings (SSSR count). The first kappa shape index (κ1) is 22.0. The lowest BCUT2D eigenvalue weighted by Gasteiger charge is -2.20. The Balaban J connectivity index is 1.34. The van der Waals surface area contributed by atoms with E-state index in [0.717, 1.165) is 10.8 Å². The average molecular weight is 465 g/mol. The highest BCUT2D eigenvalue weighted by Crippen LogP contribution is 2.32. The molecule has 0 radical (unpaired) electrons. The third kappa shape index (κ3) is 3.93. The van der Waals surface area contributed by atoms with Gasteiger partial charge in [-0.2, -0.15) is 0 Å². The predicted molar refractivity (Wildman–Crippen MR) is 129 cm³/mol. The van der Waals surface area contributed by atoms with E-state index in [1.54, 1.807) is 48.5 Å². The Morgan fingerprint density at radius 3 is 2.11 bits per heavy atom. The van der Waals surface area contributed by atoms with Gasteiger partial charge in [-0.25, -0.2) is 4.79 Å². The van der Waals surface area contributed by atoms with Gasteiger partial charge in [0, 0.05) is 16.7 Å². The zero-order valence-electron chi connectivity index (χ0n) is 18.7. The van der Waals surface area contributed by atoms with Crippen molar-refractivity contribution in [3.8, 4) is 5.75 Å². The Hall–Kier alpha value is -4.78. The molecule has 7 nitrogen and oxygen atoms in total. The first-order chi connectivity index (χ1) is 17.0. The first-order valence-corrected chi connectivity index (χ1v) is 10.8. The molecule has 4 aromatic rings. The van der Waals surface area contributed by atoms with Crippen molar-refractivity contribution in [2.45, 2.75) is 0 Å². The number of amides is 1. The highest BCUT2D eigenvalue weighted by atomic mass is 16.5. The maximum atomic E-state index is 13.1. The zero-order valence-corrected chi connectivity index (χ0v) is 18.7. The summed E-state index contributed by atoms with van der Waals surface area (Å²) in [6.07, 6.45) is 0. The predicted octanol–water partition coefficient (Wildman–Crippen LogP) is 4.42. The van der Waals surface area contributed by atoms with E-state index in [1.165, 1.54) is 13.2 Å². The molecule has 1 amide bonds. The Labute approximate surface area is 200 Å². The number of anilines is 1. The number of esters is 1. The number of fused-ring (bicyclic) bond motifs is 3. The molecule has 0 unspecified atom stereocenters. The number of hydrogen-bond donors (Lipinski definition) is 1. The fraction of sp³-hybridized carbons (Fsp3) is 0.0714. The van der Waals surface area contributed by atoms with Crippen molar-refractivity contribution in [3.63, 3.8) is 0 Å². The van der Waals surface area contributed by atoms with E-state index < -0.39 is 18.5 Å². The number of hydrogen-bond acceptors (Lipinski definition) is 6. The van der Waals surface area contributed by atoms with Crippen molar-refractivity contribution in [1.29, 1.82) is 0 Å². The van der Waals surface area contributed by atoms with Gasteiger partial charge in [0.2, 0.25) is 0 Å². The van der Waals surface area contributed by atoms with E-state index >= 15 is 0 Å². The molecule has 0 heterocycles. The minimum absolute atomic E-state index is 0.118. The molecule has 0 aromatic heterocycles. The number of benzene rings is 4. The molecule has 172 valence electrons. The molecule has 7 heteroatoms. The van der Waals surface area contributed by atoms with Crippen LogP contribution in [0.1, 0.15) is 42.2 Å². The van der Waals surface area contributed by atoms with Crippen LogP contribution in [-0.2, 0) is 9.53 Å². The highest BCUT2D eigenvalue weighted by molar-refractivity contribution is 6.30. The lowest BCUT2D eigenvalue weighted by Crippen LogP contribution is -2.26. The summed E-state index contributed by atoms with van der Waals surface area (Å²) in [5.74, 6) is -1.69. The second-order valence-electron chi connectivity index (χ2n) is 7.96. The van der Waals surface area contributed by atoms with E-state index in [4.69, 9.17) is 9.47 Å². The molecular formula is C28H19NO6. The zero-order chi connectivity index (χ0) is 24.5. The van der Waals surface area contributed by atoms with Gasteiger partial charge in [0.1, 0.15) is 11.3 Å². The summed E-state index contributed by atoms with van der Waals surface area (Å²) in [5, 5.41) is 4.32. The Kier molecular flexibility index (Phi) is 5.58. The van der Waals surface area contributed by atoms with Gasteiger partial charge < -0.3 is 14.8 Å². The van der Waals surface area contributed by atoms with Crippen molar-refractivity contribution in [1.82, 2.24) is 0 Å². The van der Waals surface area contributed by atoms with Crippen LogP contribution in [-0.4, -0.2) is 37.2 Å². The van der Waals surface area contributed by atoms with E-state index in [2.05, 4.69) is 5.32 Å².